The van der Waals surface area contributed by atoms with Gasteiger partial charge in [-0.25, -0.2) is 4.79 Å². The largest absolute Gasteiger partial charge is 0.493 e. The second-order valence-corrected chi connectivity index (χ2v) is 9.99. The number of benzene rings is 2. The third kappa shape index (κ3) is 5.63. The molecule has 2 aromatic carbocycles. The Morgan fingerprint density at radius 3 is 2.54 bits per heavy atom. The maximum Gasteiger partial charge on any atom is 0.336 e. The van der Waals surface area contributed by atoms with Gasteiger partial charge in [-0.15, -0.1) is 0 Å². The first-order valence-corrected chi connectivity index (χ1v) is 13.1. The highest BCUT2D eigenvalue weighted by atomic mass is 35.5. The smallest absolute Gasteiger partial charge is 0.336 e. The van der Waals surface area contributed by atoms with Gasteiger partial charge in [0.25, 0.3) is 5.69 Å². The molecule has 0 amide bonds. The number of methoxy groups -OCH3 is 2. The van der Waals surface area contributed by atoms with E-state index in [9.17, 15) is 19.7 Å². The average molecular weight is 555 g/mol. The van der Waals surface area contributed by atoms with Crippen molar-refractivity contribution in [1.29, 1.82) is 0 Å². The van der Waals surface area contributed by atoms with Gasteiger partial charge in [0.15, 0.2) is 17.3 Å². The number of hydrogen-bond acceptors (Lipinski definition) is 8. The minimum absolute atomic E-state index is 0.157. The van der Waals surface area contributed by atoms with Crippen molar-refractivity contribution < 1.29 is 28.7 Å². The number of ketones is 1. The van der Waals surface area contributed by atoms with Crippen LogP contribution in [0.5, 0.6) is 11.5 Å². The van der Waals surface area contributed by atoms with E-state index in [1.54, 1.807) is 27.2 Å². The topological polar surface area (TPSA) is 117 Å². The molecule has 2 aromatic rings. The van der Waals surface area contributed by atoms with Crippen molar-refractivity contribution in [2.24, 2.45) is 0 Å². The summed E-state index contributed by atoms with van der Waals surface area (Å²) < 4.78 is 16.3. The van der Waals surface area contributed by atoms with Crippen LogP contribution in [-0.2, 0) is 14.3 Å². The number of halogens is 1. The third-order valence-electron chi connectivity index (χ3n) is 7.16. The number of unbranched alkanes of at least 4 members (excludes halogenated alkanes) is 1. The van der Waals surface area contributed by atoms with E-state index in [0.29, 0.717) is 46.9 Å². The molecule has 0 fully saturated rings. The number of Topliss-reactive ketones (excluding diaryl/α,β-unsaturated/α-hetero) is 1. The SMILES string of the molecule is CCCCOC(=O)C1=C(C)NC2=C(C(=O)C[C@H](c3ccc(OC)c(OC)c3)C2)[C@H]1c1cc([N+](=O)[O-])ccc1Cl. The molecule has 0 unspecified atom stereocenters. The maximum absolute atomic E-state index is 13.8. The quantitative estimate of drug-likeness (QED) is 0.174. The molecule has 9 nitrogen and oxygen atoms in total. The minimum atomic E-state index is -0.901. The summed E-state index contributed by atoms with van der Waals surface area (Å²) in [6.07, 6.45) is 2.19. The number of nitrogens with one attached hydrogen (secondary N) is 1. The van der Waals surface area contributed by atoms with Gasteiger partial charge in [-0.05, 0) is 55.0 Å². The van der Waals surface area contributed by atoms with E-state index in [-0.39, 0.29) is 41.0 Å². The summed E-state index contributed by atoms with van der Waals surface area (Å²) >= 11 is 6.57. The molecule has 1 heterocycles. The van der Waals surface area contributed by atoms with E-state index < -0.39 is 16.8 Å². The number of ether oxygens (including phenoxy) is 3. The fourth-order valence-electron chi connectivity index (χ4n) is 5.22. The first kappa shape index (κ1) is 28.2. The van der Waals surface area contributed by atoms with Crippen molar-refractivity contribution in [2.75, 3.05) is 20.8 Å². The molecule has 0 bridgehead atoms. The van der Waals surface area contributed by atoms with Crippen LogP contribution < -0.4 is 14.8 Å². The molecule has 0 aromatic heterocycles. The highest BCUT2D eigenvalue weighted by molar-refractivity contribution is 6.31. The van der Waals surface area contributed by atoms with Crippen molar-refractivity contribution in [3.05, 3.63) is 85.2 Å². The lowest BCUT2D eigenvalue weighted by molar-refractivity contribution is -0.384. The van der Waals surface area contributed by atoms with Gasteiger partial charge in [0, 0.05) is 46.5 Å². The monoisotopic (exact) mass is 554 g/mol. The van der Waals surface area contributed by atoms with Crippen LogP contribution >= 0.6 is 11.6 Å². The molecule has 4 rings (SSSR count). The average Bonchev–Trinajstić information content (AvgIpc) is 2.91. The molecular weight excluding hydrogens is 524 g/mol. The van der Waals surface area contributed by atoms with Crippen LogP contribution in [-0.4, -0.2) is 37.5 Å². The molecule has 1 aliphatic carbocycles. The van der Waals surface area contributed by atoms with Gasteiger partial charge >= 0.3 is 5.97 Å². The van der Waals surface area contributed by atoms with Crippen LogP contribution in [0, 0.1) is 10.1 Å². The molecule has 0 saturated carbocycles. The number of carbonyl (C=O) groups excluding carboxylic acids is 2. The number of nitro benzene ring substituents is 1. The van der Waals surface area contributed by atoms with E-state index in [1.165, 1.54) is 18.2 Å². The molecule has 0 spiro atoms. The standard InChI is InChI=1S/C29H31ClN2O7/c1-5-6-11-39-29(34)26-16(2)31-22-12-18(17-7-10-24(37-3)25(14-17)38-4)13-23(33)28(22)27(26)20-15-19(32(35)36)8-9-21(20)30/h7-10,14-15,18,27,31H,5-6,11-13H2,1-4H3/t18-,27+/m1/s1. The Morgan fingerprint density at radius 1 is 1.13 bits per heavy atom. The second-order valence-electron chi connectivity index (χ2n) is 9.58. The van der Waals surface area contributed by atoms with Crippen LogP contribution in [0.4, 0.5) is 5.69 Å². The van der Waals surface area contributed by atoms with Gasteiger partial charge in [0.05, 0.1) is 31.3 Å². The van der Waals surface area contributed by atoms with E-state index in [1.807, 2.05) is 19.1 Å². The van der Waals surface area contributed by atoms with Crippen LogP contribution in [0.1, 0.15) is 62.5 Å². The molecule has 2 aliphatic rings. The number of nitro groups is 1. The molecule has 0 saturated heterocycles. The van der Waals surface area contributed by atoms with Gasteiger partial charge in [0.2, 0.25) is 0 Å². The Morgan fingerprint density at radius 2 is 1.87 bits per heavy atom. The molecule has 0 radical (unpaired) electrons. The molecule has 1 aliphatic heterocycles. The summed E-state index contributed by atoms with van der Waals surface area (Å²) in [6, 6.07) is 9.63. The second kappa shape index (κ2) is 11.9. The van der Waals surface area contributed by atoms with E-state index >= 15 is 0 Å². The van der Waals surface area contributed by atoms with Crippen molar-refractivity contribution in [3.63, 3.8) is 0 Å². The van der Waals surface area contributed by atoms with Gasteiger partial charge < -0.3 is 19.5 Å². The van der Waals surface area contributed by atoms with E-state index in [4.69, 9.17) is 25.8 Å². The zero-order valence-corrected chi connectivity index (χ0v) is 23.1. The predicted molar refractivity (Wildman–Crippen MR) is 146 cm³/mol. The first-order chi connectivity index (χ1) is 18.7. The Kier molecular flexibility index (Phi) is 8.60. The molecular formula is C29H31ClN2O7. The number of esters is 1. The van der Waals surface area contributed by atoms with Gasteiger partial charge in [-0.1, -0.05) is 31.0 Å². The Balaban J connectivity index is 1.81. The Hall–Kier alpha value is -3.85. The summed E-state index contributed by atoms with van der Waals surface area (Å²) in [5, 5.41) is 15.1. The highest BCUT2D eigenvalue weighted by Crippen LogP contribution is 2.48. The van der Waals surface area contributed by atoms with Crippen molar-refractivity contribution in [3.8, 4) is 11.5 Å². The molecule has 1 N–H and O–H groups in total. The highest BCUT2D eigenvalue weighted by Gasteiger charge is 2.42. The molecule has 2 atom stereocenters. The lowest BCUT2D eigenvalue weighted by Crippen LogP contribution is -2.36. The van der Waals surface area contributed by atoms with Gasteiger partial charge in [-0.2, -0.15) is 0 Å². The first-order valence-electron chi connectivity index (χ1n) is 12.8. The van der Waals surface area contributed by atoms with Gasteiger partial charge in [0.1, 0.15) is 0 Å². The van der Waals surface area contributed by atoms with E-state index in [2.05, 4.69) is 5.32 Å². The molecule has 10 heteroatoms. The predicted octanol–water partition coefficient (Wildman–Crippen LogP) is 5.97. The summed E-state index contributed by atoms with van der Waals surface area (Å²) in [7, 11) is 3.11. The Bertz CT molecular complexity index is 1380. The fraction of sp³-hybridized carbons (Fsp3) is 0.379. The van der Waals surface area contributed by atoms with Crippen LogP contribution in [0.2, 0.25) is 5.02 Å². The molecule has 206 valence electrons. The number of rotatable bonds is 9. The normalized spacial score (nSPS) is 18.8. The van der Waals surface area contributed by atoms with Crippen molar-refractivity contribution >= 4 is 29.0 Å². The van der Waals surface area contributed by atoms with Crippen molar-refractivity contribution in [2.45, 2.75) is 51.4 Å². The zero-order valence-electron chi connectivity index (χ0n) is 22.3. The lowest BCUT2D eigenvalue weighted by atomic mass is 9.71. The number of dihydropyridines is 1. The number of non-ortho nitro benzene ring substituents is 1. The van der Waals surface area contributed by atoms with Crippen LogP contribution in [0.15, 0.2) is 58.9 Å². The summed E-state index contributed by atoms with van der Waals surface area (Å²) in [5.41, 5.74) is 2.82. The number of hydrogen-bond donors (Lipinski definition) is 1. The molecule has 39 heavy (non-hydrogen) atoms. The lowest BCUT2D eigenvalue weighted by Gasteiger charge is -2.37. The zero-order chi connectivity index (χ0) is 28.3. The Labute approximate surface area is 231 Å². The van der Waals surface area contributed by atoms with Crippen LogP contribution in [0.25, 0.3) is 0 Å². The number of carbonyl (C=O) groups is 2. The summed E-state index contributed by atoms with van der Waals surface area (Å²) in [6.45, 7) is 3.95. The van der Waals surface area contributed by atoms with E-state index in [0.717, 1.165) is 12.0 Å². The van der Waals surface area contributed by atoms with Gasteiger partial charge in [-0.3, -0.25) is 14.9 Å². The summed E-state index contributed by atoms with van der Waals surface area (Å²) in [4.78, 5) is 38.2. The third-order valence-corrected chi connectivity index (χ3v) is 7.50. The fourth-order valence-corrected chi connectivity index (χ4v) is 5.44. The number of nitrogens with zero attached hydrogens (tertiary/aromatic N) is 1. The van der Waals surface area contributed by atoms with Crippen LogP contribution in [0.3, 0.4) is 0 Å². The van der Waals surface area contributed by atoms with Crippen molar-refractivity contribution in [1.82, 2.24) is 5.32 Å². The number of allylic oxidation sites excluding steroid dienone is 3. The minimum Gasteiger partial charge on any atom is -0.493 e. The summed E-state index contributed by atoms with van der Waals surface area (Å²) in [5.74, 6) is -0.667. The maximum atomic E-state index is 13.8.